The van der Waals surface area contributed by atoms with Crippen molar-refractivity contribution < 1.29 is 13.3 Å². The predicted molar refractivity (Wildman–Crippen MR) is 86.8 cm³/mol. The van der Waals surface area contributed by atoms with Gasteiger partial charge in [0.25, 0.3) is 0 Å². The zero-order valence-corrected chi connectivity index (χ0v) is 13.9. The lowest BCUT2D eigenvalue weighted by molar-refractivity contribution is 0.392. The molecule has 0 amide bonds. The predicted octanol–water partition coefficient (Wildman–Crippen LogP) is 2.79. The molecule has 3 rings (SSSR count). The van der Waals surface area contributed by atoms with Crippen LogP contribution in [-0.4, -0.2) is 24.2 Å². The van der Waals surface area contributed by atoms with Crippen LogP contribution in [0.1, 0.15) is 34.9 Å². The smallest absolute Gasteiger partial charge is 0.191 e. The van der Waals surface area contributed by atoms with Crippen molar-refractivity contribution in [3.8, 4) is 0 Å². The topological polar surface area (TPSA) is 62.5 Å². The molecule has 1 aromatic carbocycles. The molecule has 0 spiro atoms. The van der Waals surface area contributed by atoms with Crippen LogP contribution < -0.4 is 10.6 Å². The van der Waals surface area contributed by atoms with Gasteiger partial charge in [0, 0.05) is 36.7 Å². The lowest BCUT2D eigenvalue weighted by atomic mass is 10.1. The van der Waals surface area contributed by atoms with Crippen LogP contribution in [0.3, 0.4) is 0 Å². The molecule has 0 saturated heterocycles. The number of rotatable bonds is 4. The van der Waals surface area contributed by atoms with Crippen LogP contribution in [0.4, 0.5) is 8.78 Å². The van der Waals surface area contributed by atoms with E-state index in [1.165, 1.54) is 18.2 Å². The maximum atomic E-state index is 13.8. The number of nitrogens with zero attached hydrogens (tertiary/aromatic N) is 2. The van der Waals surface area contributed by atoms with Crippen LogP contribution in [-0.2, 0) is 6.54 Å². The third kappa shape index (κ3) is 3.25. The number of guanidine groups is 1. The van der Waals surface area contributed by atoms with Gasteiger partial charge in [0.15, 0.2) is 5.96 Å². The molecule has 1 heterocycles. The van der Waals surface area contributed by atoms with Crippen LogP contribution >= 0.6 is 0 Å². The molecular weight excluding hydrogens is 314 g/mol. The Balaban J connectivity index is 1.60. The summed E-state index contributed by atoms with van der Waals surface area (Å²) in [7, 11) is 1.66. The van der Waals surface area contributed by atoms with Gasteiger partial charge in [-0.1, -0.05) is 11.2 Å². The Bertz CT molecular complexity index is 732. The third-order valence-corrected chi connectivity index (χ3v) is 4.32. The summed E-state index contributed by atoms with van der Waals surface area (Å²) in [6.07, 6.45) is 0.671. The summed E-state index contributed by atoms with van der Waals surface area (Å²) in [5.74, 6) is 0.169. The first-order chi connectivity index (χ1) is 11.5. The average Bonchev–Trinajstić information content (AvgIpc) is 3.22. The highest BCUT2D eigenvalue weighted by molar-refractivity contribution is 5.80. The van der Waals surface area contributed by atoms with Crippen molar-refractivity contribution >= 4 is 5.96 Å². The van der Waals surface area contributed by atoms with Gasteiger partial charge in [-0.25, -0.2) is 8.78 Å². The second-order valence-corrected chi connectivity index (χ2v) is 5.96. The lowest BCUT2D eigenvalue weighted by Gasteiger charge is -2.12. The summed E-state index contributed by atoms with van der Waals surface area (Å²) in [6, 6.07) is 3.92. The fourth-order valence-electron chi connectivity index (χ4n) is 2.84. The SMILES string of the molecule is CN=C(NCc1c(C)noc1C)NC1CC1c1c(F)cccc1F. The van der Waals surface area contributed by atoms with Gasteiger partial charge in [0.2, 0.25) is 0 Å². The van der Waals surface area contributed by atoms with Crippen molar-refractivity contribution in [1.29, 1.82) is 0 Å². The lowest BCUT2D eigenvalue weighted by Crippen LogP contribution is -2.38. The molecule has 24 heavy (non-hydrogen) atoms. The van der Waals surface area contributed by atoms with E-state index in [9.17, 15) is 8.78 Å². The van der Waals surface area contributed by atoms with E-state index in [-0.39, 0.29) is 17.5 Å². The summed E-state index contributed by atoms with van der Waals surface area (Å²) in [5.41, 5.74) is 1.95. The first-order valence-corrected chi connectivity index (χ1v) is 7.84. The first kappa shape index (κ1) is 16.4. The Morgan fingerprint density at radius 3 is 2.62 bits per heavy atom. The van der Waals surface area contributed by atoms with Gasteiger partial charge in [0.1, 0.15) is 17.4 Å². The van der Waals surface area contributed by atoms with Gasteiger partial charge in [-0.2, -0.15) is 0 Å². The summed E-state index contributed by atoms with van der Waals surface area (Å²) in [4.78, 5) is 4.16. The Morgan fingerprint density at radius 1 is 1.33 bits per heavy atom. The quantitative estimate of drug-likeness (QED) is 0.667. The average molecular weight is 334 g/mol. The summed E-state index contributed by atoms with van der Waals surface area (Å²) in [6.45, 7) is 4.25. The standard InChI is InChI=1S/C17H20F2N4O/c1-9-12(10(2)24-23-9)8-21-17(20-3)22-15-7-11(15)16-13(18)5-4-6-14(16)19/h4-6,11,15H,7-8H2,1-3H3,(H2,20,21,22). The van der Waals surface area contributed by atoms with Crippen LogP contribution in [0.25, 0.3) is 0 Å². The second-order valence-electron chi connectivity index (χ2n) is 5.96. The fraction of sp³-hybridized carbons (Fsp3) is 0.412. The molecule has 2 N–H and O–H groups in total. The molecule has 1 aliphatic carbocycles. The number of aliphatic imine (C=N–C) groups is 1. The monoisotopic (exact) mass is 334 g/mol. The largest absolute Gasteiger partial charge is 0.361 e. The minimum Gasteiger partial charge on any atom is -0.361 e. The van der Waals surface area contributed by atoms with Gasteiger partial charge >= 0.3 is 0 Å². The second kappa shape index (κ2) is 6.59. The van der Waals surface area contributed by atoms with E-state index in [4.69, 9.17) is 4.52 Å². The van der Waals surface area contributed by atoms with Gasteiger partial charge in [-0.05, 0) is 32.4 Å². The van der Waals surface area contributed by atoms with Gasteiger partial charge in [-0.15, -0.1) is 0 Å². The molecule has 2 aromatic rings. The molecule has 0 bridgehead atoms. The van der Waals surface area contributed by atoms with Crippen molar-refractivity contribution in [1.82, 2.24) is 15.8 Å². The first-order valence-electron chi connectivity index (χ1n) is 7.84. The number of halogens is 2. The highest BCUT2D eigenvalue weighted by atomic mass is 19.1. The maximum Gasteiger partial charge on any atom is 0.191 e. The van der Waals surface area contributed by atoms with E-state index in [1.807, 2.05) is 13.8 Å². The maximum absolute atomic E-state index is 13.8. The van der Waals surface area contributed by atoms with Gasteiger partial charge < -0.3 is 15.2 Å². The molecule has 2 unspecified atom stereocenters. The molecule has 2 atom stereocenters. The minimum atomic E-state index is -0.497. The number of nitrogens with one attached hydrogen (secondary N) is 2. The fourth-order valence-corrected chi connectivity index (χ4v) is 2.84. The molecule has 1 saturated carbocycles. The van der Waals surface area contributed by atoms with Crippen molar-refractivity contribution in [2.45, 2.75) is 38.8 Å². The van der Waals surface area contributed by atoms with E-state index < -0.39 is 11.6 Å². The molecular formula is C17H20F2N4O. The molecule has 1 aromatic heterocycles. The highest BCUT2D eigenvalue weighted by Crippen LogP contribution is 2.43. The summed E-state index contributed by atoms with van der Waals surface area (Å²) >= 11 is 0. The van der Waals surface area contributed by atoms with Gasteiger partial charge in [-0.3, -0.25) is 4.99 Å². The van der Waals surface area contributed by atoms with Crippen LogP contribution in [0.15, 0.2) is 27.7 Å². The molecule has 0 radical (unpaired) electrons. The minimum absolute atomic E-state index is 0.0349. The highest BCUT2D eigenvalue weighted by Gasteiger charge is 2.42. The number of aryl methyl sites for hydroxylation is 2. The summed E-state index contributed by atoms with van der Waals surface area (Å²) in [5, 5.41) is 10.3. The normalized spacial score (nSPS) is 20.1. The Morgan fingerprint density at radius 2 is 2.04 bits per heavy atom. The molecule has 128 valence electrons. The molecule has 0 aliphatic heterocycles. The number of hydrogen-bond donors (Lipinski definition) is 2. The molecule has 7 heteroatoms. The zero-order valence-electron chi connectivity index (χ0n) is 13.9. The van der Waals surface area contributed by atoms with E-state index in [2.05, 4.69) is 20.8 Å². The number of aromatic nitrogens is 1. The van der Waals surface area contributed by atoms with E-state index in [1.54, 1.807) is 7.05 Å². The zero-order chi connectivity index (χ0) is 17.3. The number of hydrogen-bond acceptors (Lipinski definition) is 3. The molecule has 1 fully saturated rings. The van der Waals surface area contributed by atoms with Gasteiger partial charge in [0.05, 0.1) is 5.69 Å². The number of benzene rings is 1. The molecule has 1 aliphatic rings. The van der Waals surface area contributed by atoms with Crippen molar-refractivity contribution in [3.63, 3.8) is 0 Å². The Kier molecular flexibility index (Phi) is 4.51. The van der Waals surface area contributed by atoms with Crippen LogP contribution in [0.2, 0.25) is 0 Å². The van der Waals surface area contributed by atoms with Crippen molar-refractivity contribution in [2.75, 3.05) is 7.05 Å². The van der Waals surface area contributed by atoms with E-state index >= 15 is 0 Å². The Hall–Kier alpha value is -2.44. The van der Waals surface area contributed by atoms with E-state index in [0.717, 1.165) is 17.0 Å². The van der Waals surface area contributed by atoms with E-state index in [0.29, 0.717) is 18.9 Å². The molecule has 5 nitrogen and oxygen atoms in total. The summed E-state index contributed by atoms with van der Waals surface area (Å²) < 4.78 is 32.8. The van der Waals surface area contributed by atoms with Crippen molar-refractivity contribution in [3.05, 3.63) is 52.4 Å². The Labute approximate surface area is 139 Å². The van der Waals surface area contributed by atoms with Crippen molar-refractivity contribution in [2.24, 2.45) is 4.99 Å². The van der Waals surface area contributed by atoms with Crippen LogP contribution in [0, 0.1) is 25.5 Å². The third-order valence-electron chi connectivity index (χ3n) is 4.32. The van der Waals surface area contributed by atoms with Crippen LogP contribution in [0.5, 0.6) is 0 Å².